The van der Waals surface area contributed by atoms with Gasteiger partial charge in [-0.1, -0.05) is 39.2 Å². The molecule has 2 heterocycles. The maximum absolute atomic E-state index is 12.9. The van der Waals surface area contributed by atoms with E-state index in [2.05, 4.69) is 19.2 Å². The van der Waals surface area contributed by atoms with Crippen LogP contribution in [0.25, 0.3) is 10.9 Å². The number of hydrogen-bond acceptors (Lipinski definition) is 4. The molecular weight excluding hydrogens is 356 g/mol. The van der Waals surface area contributed by atoms with Gasteiger partial charge in [-0.25, -0.2) is 0 Å². The molecule has 0 saturated carbocycles. The second-order valence-corrected chi connectivity index (χ2v) is 8.07. The van der Waals surface area contributed by atoms with Gasteiger partial charge in [0.25, 0.3) is 5.91 Å². The monoisotopic (exact) mass is 388 g/mol. The number of fused-ring (bicyclic) bond motifs is 1. The van der Waals surface area contributed by atoms with Gasteiger partial charge in [-0.15, -0.1) is 0 Å². The topological polar surface area (TPSA) is 83.7 Å². The zero-order valence-electron chi connectivity index (χ0n) is 16.9. The molecule has 28 heavy (non-hydrogen) atoms. The van der Waals surface area contributed by atoms with Crippen molar-refractivity contribution in [3.05, 3.63) is 30.0 Å². The fraction of sp³-hybridized carbons (Fsp3) is 0.591. The number of benzene rings is 1. The molecule has 6 heteroatoms. The van der Waals surface area contributed by atoms with Gasteiger partial charge in [0.15, 0.2) is 0 Å². The lowest BCUT2D eigenvalue weighted by Gasteiger charge is -2.36. The Morgan fingerprint density at radius 1 is 1.29 bits per heavy atom. The summed E-state index contributed by atoms with van der Waals surface area (Å²) in [7, 11) is 0. The number of amides is 1. The van der Waals surface area contributed by atoms with Gasteiger partial charge in [0, 0.05) is 12.7 Å². The minimum atomic E-state index is -0.919. The Morgan fingerprint density at radius 2 is 2.07 bits per heavy atom. The predicted molar refractivity (Wildman–Crippen MR) is 110 cm³/mol. The van der Waals surface area contributed by atoms with Crippen LogP contribution in [0.2, 0.25) is 0 Å². The number of phenols is 1. The molecule has 1 unspecified atom stereocenters. The van der Waals surface area contributed by atoms with E-state index in [9.17, 15) is 15.0 Å². The smallest absolute Gasteiger partial charge is 0.253 e. The van der Waals surface area contributed by atoms with Crippen molar-refractivity contribution in [3.8, 4) is 5.75 Å². The third kappa shape index (κ3) is 4.50. The minimum absolute atomic E-state index is 0.0781. The molecule has 2 aromatic rings. The van der Waals surface area contributed by atoms with Gasteiger partial charge >= 0.3 is 0 Å². The Bertz CT molecular complexity index is 810. The van der Waals surface area contributed by atoms with Crippen molar-refractivity contribution in [2.24, 2.45) is 5.92 Å². The second-order valence-electron chi connectivity index (χ2n) is 8.07. The molecule has 3 N–H and O–H groups in total. The maximum Gasteiger partial charge on any atom is 0.253 e. The number of aromatic nitrogens is 1. The first-order valence-corrected chi connectivity index (χ1v) is 10.4. The van der Waals surface area contributed by atoms with Crippen molar-refractivity contribution in [1.82, 2.24) is 9.88 Å². The summed E-state index contributed by atoms with van der Waals surface area (Å²) in [5, 5.41) is 24.4. The molecule has 1 saturated heterocycles. The molecule has 0 radical (unpaired) electrons. The lowest BCUT2D eigenvalue weighted by atomic mass is 9.97. The molecule has 1 aromatic heterocycles. The van der Waals surface area contributed by atoms with Crippen molar-refractivity contribution in [2.75, 3.05) is 19.8 Å². The van der Waals surface area contributed by atoms with Gasteiger partial charge in [0.05, 0.1) is 36.2 Å². The highest BCUT2D eigenvalue weighted by atomic mass is 16.5. The lowest BCUT2D eigenvalue weighted by molar-refractivity contribution is -0.184. The summed E-state index contributed by atoms with van der Waals surface area (Å²) < 4.78 is 6.97. The fourth-order valence-corrected chi connectivity index (χ4v) is 3.96. The predicted octanol–water partition coefficient (Wildman–Crippen LogP) is 3.44. The lowest BCUT2D eigenvalue weighted by Crippen LogP contribution is -2.52. The van der Waals surface area contributed by atoms with E-state index in [-0.39, 0.29) is 24.9 Å². The van der Waals surface area contributed by atoms with E-state index in [4.69, 9.17) is 4.74 Å². The summed E-state index contributed by atoms with van der Waals surface area (Å²) in [5.74, 6) is 0.373. The second kappa shape index (κ2) is 8.97. The molecule has 3 rings (SSSR count). The summed E-state index contributed by atoms with van der Waals surface area (Å²) in [6.45, 7) is 5.88. The van der Waals surface area contributed by atoms with E-state index in [0.717, 1.165) is 31.2 Å². The molecule has 0 aliphatic carbocycles. The van der Waals surface area contributed by atoms with Crippen molar-refractivity contribution < 1.29 is 19.7 Å². The van der Waals surface area contributed by atoms with Crippen LogP contribution in [0.15, 0.2) is 24.4 Å². The minimum Gasteiger partial charge on any atom is -0.507 e. The largest absolute Gasteiger partial charge is 0.507 e. The number of rotatable bonds is 10. The number of ether oxygens (including phenoxy) is 1. The average molecular weight is 389 g/mol. The van der Waals surface area contributed by atoms with E-state index in [1.165, 1.54) is 6.42 Å². The van der Waals surface area contributed by atoms with Crippen LogP contribution in [0.5, 0.6) is 5.75 Å². The SMILES string of the molecule is CCCCC(CCC)CNC(=O)c1cn(CC2(O)COC2)c2cccc(O)c12. The molecule has 1 aliphatic rings. The van der Waals surface area contributed by atoms with Crippen molar-refractivity contribution in [1.29, 1.82) is 0 Å². The molecule has 0 spiro atoms. The van der Waals surface area contributed by atoms with Gasteiger partial charge < -0.3 is 24.8 Å². The molecular formula is C22H32N2O4. The number of aliphatic hydroxyl groups is 1. The molecule has 1 aliphatic heterocycles. The third-order valence-electron chi connectivity index (χ3n) is 5.55. The third-order valence-corrected chi connectivity index (χ3v) is 5.55. The number of aromatic hydroxyl groups is 1. The van der Waals surface area contributed by atoms with Crippen LogP contribution in [-0.4, -0.2) is 46.0 Å². The molecule has 1 amide bonds. The normalized spacial score (nSPS) is 16.7. The Balaban J connectivity index is 1.80. The molecule has 1 fully saturated rings. The van der Waals surface area contributed by atoms with Gasteiger partial charge in [0.1, 0.15) is 11.4 Å². The number of nitrogens with zero attached hydrogens (tertiary/aromatic N) is 1. The quantitative estimate of drug-likeness (QED) is 0.582. The molecule has 154 valence electrons. The first kappa shape index (κ1) is 20.7. The van der Waals surface area contributed by atoms with E-state index >= 15 is 0 Å². The fourth-order valence-electron chi connectivity index (χ4n) is 3.96. The van der Waals surface area contributed by atoms with Gasteiger partial charge in [0.2, 0.25) is 0 Å². The number of carbonyl (C=O) groups excluding carboxylic acids is 1. The van der Waals surface area contributed by atoms with Crippen LogP contribution in [0, 0.1) is 5.92 Å². The van der Waals surface area contributed by atoms with Crippen LogP contribution in [-0.2, 0) is 11.3 Å². The molecule has 0 bridgehead atoms. The summed E-state index contributed by atoms with van der Waals surface area (Å²) in [6.07, 6.45) is 7.37. The first-order chi connectivity index (χ1) is 13.5. The number of hydrogen-bond donors (Lipinski definition) is 3. The Labute approximate surface area is 166 Å². The average Bonchev–Trinajstić information content (AvgIpc) is 3.02. The van der Waals surface area contributed by atoms with Crippen LogP contribution < -0.4 is 5.32 Å². The van der Waals surface area contributed by atoms with Crippen molar-refractivity contribution in [2.45, 2.75) is 58.1 Å². The van der Waals surface area contributed by atoms with E-state index in [1.54, 1.807) is 18.3 Å². The van der Waals surface area contributed by atoms with Gasteiger partial charge in [-0.3, -0.25) is 4.79 Å². The highest BCUT2D eigenvalue weighted by Gasteiger charge is 2.37. The van der Waals surface area contributed by atoms with Crippen LogP contribution >= 0.6 is 0 Å². The Hall–Kier alpha value is -2.05. The summed E-state index contributed by atoms with van der Waals surface area (Å²) in [6, 6.07) is 5.20. The van der Waals surface area contributed by atoms with Gasteiger partial charge in [-0.05, 0) is 30.9 Å². The van der Waals surface area contributed by atoms with E-state index in [0.29, 0.717) is 30.0 Å². The van der Waals surface area contributed by atoms with Crippen molar-refractivity contribution in [3.63, 3.8) is 0 Å². The van der Waals surface area contributed by atoms with Crippen LogP contribution in [0.4, 0.5) is 0 Å². The van der Waals surface area contributed by atoms with E-state index in [1.807, 2.05) is 10.6 Å². The summed E-state index contributed by atoms with van der Waals surface area (Å²) >= 11 is 0. The Morgan fingerprint density at radius 3 is 2.71 bits per heavy atom. The first-order valence-electron chi connectivity index (χ1n) is 10.4. The number of carbonyl (C=O) groups is 1. The summed E-state index contributed by atoms with van der Waals surface area (Å²) in [5.41, 5.74) is 0.265. The van der Waals surface area contributed by atoms with Gasteiger partial charge in [-0.2, -0.15) is 0 Å². The number of unbranched alkanes of at least 4 members (excludes halogenated alkanes) is 1. The zero-order chi connectivity index (χ0) is 20.1. The molecule has 6 nitrogen and oxygen atoms in total. The van der Waals surface area contributed by atoms with Crippen LogP contribution in [0.1, 0.15) is 56.3 Å². The zero-order valence-corrected chi connectivity index (χ0v) is 16.9. The highest BCUT2D eigenvalue weighted by molar-refractivity contribution is 6.09. The Kier molecular flexibility index (Phi) is 6.62. The number of phenolic OH excluding ortho intramolecular Hbond substituents is 1. The number of nitrogens with one attached hydrogen (secondary N) is 1. The van der Waals surface area contributed by atoms with E-state index < -0.39 is 5.60 Å². The molecule has 1 aromatic carbocycles. The highest BCUT2D eigenvalue weighted by Crippen LogP contribution is 2.32. The standard InChI is InChI=1S/C22H32N2O4/c1-3-5-8-16(7-4-2)11-23-21(26)17-12-24(13-22(27)14-28-15-22)18-9-6-10-19(25)20(17)18/h6,9-10,12,16,25,27H,3-5,7-8,11,13-15H2,1-2H3,(H,23,26). The van der Waals surface area contributed by atoms with Crippen molar-refractivity contribution >= 4 is 16.8 Å². The molecule has 1 atom stereocenters. The maximum atomic E-state index is 12.9. The van der Waals surface area contributed by atoms with Crippen LogP contribution in [0.3, 0.4) is 0 Å². The summed E-state index contributed by atoms with van der Waals surface area (Å²) in [4.78, 5) is 12.9.